The lowest BCUT2D eigenvalue weighted by molar-refractivity contribution is -0.133. The number of rotatable bonds is 5. The van der Waals surface area contributed by atoms with Crippen molar-refractivity contribution in [1.29, 1.82) is 0 Å². The zero-order chi connectivity index (χ0) is 14.3. The first-order valence-corrected chi connectivity index (χ1v) is 7.99. The Balaban J connectivity index is 2.06. The van der Waals surface area contributed by atoms with Crippen molar-refractivity contribution in [3.05, 3.63) is 23.2 Å². The smallest absolute Gasteiger partial charge is 0.313 e. The Hall–Kier alpha value is -1.20. The molecule has 0 aliphatic heterocycles. The summed E-state index contributed by atoms with van der Waals surface area (Å²) in [4.78, 5) is 15.3. The van der Waals surface area contributed by atoms with Crippen LogP contribution >= 0.6 is 23.4 Å². The number of halogens is 1. The summed E-state index contributed by atoms with van der Waals surface area (Å²) < 4.78 is 2.14. The standard InChI is InChI=1S/C14H15ClN2O2S/c1-2-8-6-11(8)17-13-9(15)4-3-5-10(13)16-14(17)20-7-12(18)19/h3-5,8,11H,2,6-7H2,1H3,(H,18,19). The maximum atomic E-state index is 10.8. The van der Waals surface area contributed by atoms with E-state index in [0.29, 0.717) is 17.0 Å². The Kier molecular flexibility index (Phi) is 3.65. The van der Waals surface area contributed by atoms with Crippen LogP contribution in [0.25, 0.3) is 11.0 Å². The maximum absolute atomic E-state index is 10.8. The summed E-state index contributed by atoms with van der Waals surface area (Å²) in [6, 6.07) is 6.06. The van der Waals surface area contributed by atoms with Crippen molar-refractivity contribution in [1.82, 2.24) is 9.55 Å². The Morgan fingerprint density at radius 3 is 3.05 bits per heavy atom. The van der Waals surface area contributed by atoms with Gasteiger partial charge in [-0.05, 0) is 24.5 Å². The van der Waals surface area contributed by atoms with Crippen LogP contribution in [-0.4, -0.2) is 26.4 Å². The second kappa shape index (κ2) is 5.30. The number of benzene rings is 1. The number of para-hydroxylation sites is 1. The fourth-order valence-electron chi connectivity index (χ4n) is 2.61. The SMILES string of the molecule is CCC1CC1n1c(SCC(=O)O)nc2cccc(Cl)c21. The molecule has 0 amide bonds. The monoisotopic (exact) mass is 310 g/mol. The quantitative estimate of drug-likeness (QED) is 0.853. The number of carboxylic acid groups (broad SMARTS) is 1. The summed E-state index contributed by atoms with van der Waals surface area (Å²) in [5.41, 5.74) is 1.77. The van der Waals surface area contributed by atoms with E-state index in [1.54, 1.807) is 0 Å². The van der Waals surface area contributed by atoms with E-state index in [4.69, 9.17) is 16.7 Å². The van der Waals surface area contributed by atoms with Gasteiger partial charge in [0.25, 0.3) is 0 Å². The van der Waals surface area contributed by atoms with Gasteiger partial charge < -0.3 is 9.67 Å². The average molecular weight is 311 g/mol. The summed E-state index contributed by atoms with van der Waals surface area (Å²) in [5.74, 6) is -0.167. The van der Waals surface area contributed by atoms with E-state index < -0.39 is 5.97 Å². The van der Waals surface area contributed by atoms with Crippen LogP contribution in [0.5, 0.6) is 0 Å². The highest BCUT2D eigenvalue weighted by molar-refractivity contribution is 7.99. The second-order valence-corrected chi connectivity index (χ2v) is 6.38. The Labute approximate surface area is 126 Å². The van der Waals surface area contributed by atoms with Crippen LogP contribution in [0.15, 0.2) is 23.4 Å². The van der Waals surface area contributed by atoms with Crippen molar-refractivity contribution in [2.24, 2.45) is 5.92 Å². The van der Waals surface area contributed by atoms with Crippen LogP contribution in [0.4, 0.5) is 0 Å². The van der Waals surface area contributed by atoms with Crippen molar-refractivity contribution in [3.63, 3.8) is 0 Å². The van der Waals surface area contributed by atoms with Gasteiger partial charge >= 0.3 is 5.97 Å². The predicted octanol–water partition coefficient (Wildman–Crippen LogP) is 3.84. The van der Waals surface area contributed by atoms with Crippen molar-refractivity contribution in [2.75, 3.05) is 5.75 Å². The van der Waals surface area contributed by atoms with E-state index >= 15 is 0 Å². The lowest BCUT2D eigenvalue weighted by atomic mass is 10.3. The van der Waals surface area contributed by atoms with Gasteiger partial charge in [-0.3, -0.25) is 4.79 Å². The first kappa shape index (κ1) is 13.8. The van der Waals surface area contributed by atoms with Gasteiger partial charge in [-0.1, -0.05) is 42.8 Å². The molecule has 0 radical (unpaired) electrons. The third-order valence-electron chi connectivity index (χ3n) is 3.69. The van der Waals surface area contributed by atoms with Gasteiger partial charge in [-0.2, -0.15) is 0 Å². The van der Waals surface area contributed by atoms with Crippen molar-refractivity contribution >= 4 is 40.4 Å². The van der Waals surface area contributed by atoms with Crippen LogP contribution in [0.2, 0.25) is 5.02 Å². The minimum absolute atomic E-state index is 0.0183. The molecule has 20 heavy (non-hydrogen) atoms. The number of aliphatic carboxylic acids is 1. The minimum Gasteiger partial charge on any atom is -0.481 e. The minimum atomic E-state index is -0.831. The average Bonchev–Trinajstić information content (AvgIpc) is 3.09. The number of thioether (sulfide) groups is 1. The Morgan fingerprint density at radius 2 is 2.40 bits per heavy atom. The molecule has 1 aliphatic rings. The molecule has 1 aromatic carbocycles. The van der Waals surface area contributed by atoms with Crippen LogP contribution in [-0.2, 0) is 4.79 Å². The molecule has 4 nitrogen and oxygen atoms in total. The van der Waals surface area contributed by atoms with Gasteiger partial charge in [0.05, 0.1) is 21.8 Å². The molecule has 2 aromatic rings. The molecular formula is C14H15ClN2O2S. The van der Waals surface area contributed by atoms with E-state index in [-0.39, 0.29) is 5.75 Å². The lowest BCUT2D eigenvalue weighted by Gasteiger charge is -2.08. The maximum Gasteiger partial charge on any atom is 0.313 e. The number of carbonyl (C=O) groups is 1. The third-order valence-corrected chi connectivity index (χ3v) is 4.94. The van der Waals surface area contributed by atoms with E-state index in [1.807, 2.05) is 18.2 Å². The molecule has 1 aliphatic carbocycles. The second-order valence-electron chi connectivity index (χ2n) is 5.03. The molecule has 1 N–H and O–H groups in total. The molecule has 1 fully saturated rings. The summed E-state index contributed by atoms with van der Waals surface area (Å²) in [7, 11) is 0. The first-order chi connectivity index (χ1) is 9.61. The van der Waals surface area contributed by atoms with Gasteiger partial charge in [-0.15, -0.1) is 0 Å². The normalized spacial score (nSPS) is 21.3. The van der Waals surface area contributed by atoms with E-state index in [0.717, 1.165) is 29.0 Å². The molecule has 2 unspecified atom stereocenters. The van der Waals surface area contributed by atoms with Crippen molar-refractivity contribution in [2.45, 2.75) is 31.0 Å². The molecule has 3 rings (SSSR count). The molecule has 106 valence electrons. The summed E-state index contributed by atoms with van der Waals surface area (Å²) >= 11 is 7.58. The first-order valence-electron chi connectivity index (χ1n) is 6.62. The van der Waals surface area contributed by atoms with Gasteiger partial charge in [0.1, 0.15) is 0 Å². The Morgan fingerprint density at radius 1 is 1.60 bits per heavy atom. The molecule has 2 atom stereocenters. The van der Waals surface area contributed by atoms with Crippen LogP contribution in [0, 0.1) is 5.92 Å². The molecule has 1 aromatic heterocycles. The van der Waals surface area contributed by atoms with E-state index in [9.17, 15) is 4.79 Å². The molecule has 1 heterocycles. The molecule has 0 bridgehead atoms. The summed E-state index contributed by atoms with van der Waals surface area (Å²) in [5, 5.41) is 10.3. The van der Waals surface area contributed by atoms with Gasteiger partial charge in [0.2, 0.25) is 0 Å². The van der Waals surface area contributed by atoms with Gasteiger partial charge in [0, 0.05) is 6.04 Å². The van der Waals surface area contributed by atoms with E-state index in [1.165, 1.54) is 11.8 Å². The number of aromatic nitrogens is 2. The topological polar surface area (TPSA) is 55.1 Å². The number of hydrogen-bond acceptors (Lipinski definition) is 3. The zero-order valence-corrected chi connectivity index (χ0v) is 12.6. The highest BCUT2D eigenvalue weighted by Gasteiger charge is 2.39. The largest absolute Gasteiger partial charge is 0.481 e. The fraction of sp³-hybridized carbons (Fsp3) is 0.429. The van der Waals surface area contributed by atoms with Crippen LogP contribution < -0.4 is 0 Å². The number of hydrogen-bond donors (Lipinski definition) is 1. The van der Waals surface area contributed by atoms with Crippen molar-refractivity contribution in [3.8, 4) is 0 Å². The lowest BCUT2D eigenvalue weighted by Crippen LogP contribution is -2.03. The third kappa shape index (κ3) is 2.40. The van der Waals surface area contributed by atoms with Gasteiger partial charge in [0.15, 0.2) is 5.16 Å². The van der Waals surface area contributed by atoms with Crippen LogP contribution in [0.1, 0.15) is 25.8 Å². The number of imidazole rings is 1. The molecule has 0 saturated heterocycles. The fourth-order valence-corrected chi connectivity index (χ4v) is 3.65. The summed E-state index contributed by atoms with van der Waals surface area (Å²) in [6.45, 7) is 2.18. The Bertz CT molecular complexity index is 670. The number of nitrogens with zero attached hydrogens (tertiary/aromatic N) is 2. The zero-order valence-electron chi connectivity index (χ0n) is 11.0. The van der Waals surface area contributed by atoms with Gasteiger partial charge in [-0.25, -0.2) is 4.98 Å². The number of fused-ring (bicyclic) bond motifs is 1. The van der Waals surface area contributed by atoms with Crippen molar-refractivity contribution < 1.29 is 9.90 Å². The molecule has 6 heteroatoms. The van der Waals surface area contributed by atoms with Crippen LogP contribution in [0.3, 0.4) is 0 Å². The molecule has 0 spiro atoms. The predicted molar refractivity (Wildman–Crippen MR) is 80.5 cm³/mol. The number of carboxylic acids is 1. The molecular weight excluding hydrogens is 296 g/mol. The summed E-state index contributed by atoms with van der Waals surface area (Å²) in [6.07, 6.45) is 2.24. The highest BCUT2D eigenvalue weighted by Crippen LogP contribution is 2.49. The highest BCUT2D eigenvalue weighted by atomic mass is 35.5. The molecule has 1 saturated carbocycles. The van der Waals surface area contributed by atoms with E-state index in [2.05, 4.69) is 16.5 Å².